The number of carbonyl (C=O) groups is 5. The molecule has 2 amide bonds. The summed E-state index contributed by atoms with van der Waals surface area (Å²) in [6.07, 6.45) is -3.43. The molecule has 0 atom stereocenters. The second-order valence-electron chi connectivity index (χ2n) is 10.5. The number of carbonyl (C=O) groups excluding carboxylic acids is 3. The number of nitrogens with two attached hydrogens (primary N) is 1. The molecular weight excluding hydrogens is 657 g/mol. The lowest BCUT2D eigenvalue weighted by molar-refractivity contribution is -0.192. The van der Waals surface area contributed by atoms with Crippen LogP contribution in [0.25, 0.3) is 10.9 Å². The number of alkyl halides is 3. The Labute approximate surface area is 284 Å². The van der Waals surface area contributed by atoms with Crippen LogP contribution in [0.1, 0.15) is 49.1 Å². The molecule has 0 fully saturated rings. The summed E-state index contributed by atoms with van der Waals surface area (Å²) in [6, 6.07) is 30.7. The summed E-state index contributed by atoms with van der Waals surface area (Å²) in [7, 11) is 0. The van der Waals surface area contributed by atoms with Gasteiger partial charge in [-0.25, -0.2) is 4.79 Å². The smallest absolute Gasteiger partial charge is 0.480 e. The average Bonchev–Trinajstić information content (AvgIpc) is 3.55. The van der Waals surface area contributed by atoms with Gasteiger partial charge in [0.1, 0.15) is 6.54 Å². The number of aromatic amines is 1. The molecule has 1 heterocycles. The first-order chi connectivity index (χ1) is 23.7. The van der Waals surface area contributed by atoms with E-state index in [0.29, 0.717) is 41.0 Å². The number of carboxylic acids is 2. The van der Waals surface area contributed by atoms with Gasteiger partial charge >= 0.3 is 18.1 Å². The molecule has 0 aliphatic heterocycles. The number of nitrogens with one attached hydrogen (secondary N) is 2. The Kier molecular flexibility index (Phi) is 13.6. The molecule has 11 nitrogen and oxygen atoms in total. The summed E-state index contributed by atoms with van der Waals surface area (Å²) in [4.78, 5) is 60.8. The normalized spacial score (nSPS) is 10.5. The van der Waals surface area contributed by atoms with E-state index >= 15 is 0 Å². The van der Waals surface area contributed by atoms with E-state index in [1.54, 1.807) is 60.8 Å². The van der Waals surface area contributed by atoms with Crippen LogP contribution in [0, 0.1) is 0 Å². The van der Waals surface area contributed by atoms with E-state index in [1.165, 1.54) is 11.8 Å². The maximum absolute atomic E-state index is 12.6. The molecular formula is C36H33F3N4O7. The highest BCUT2D eigenvalue weighted by Crippen LogP contribution is 2.22. The topological polar surface area (TPSA) is 183 Å². The first-order valence-electron chi connectivity index (χ1n) is 14.8. The van der Waals surface area contributed by atoms with Gasteiger partial charge in [0.15, 0.2) is 5.78 Å². The number of ketones is 1. The van der Waals surface area contributed by atoms with Crippen LogP contribution >= 0.6 is 0 Å². The van der Waals surface area contributed by atoms with Crippen molar-refractivity contribution in [1.82, 2.24) is 10.3 Å². The summed E-state index contributed by atoms with van der Waals surface area (Å²) in [5.41, 5.74) is 10.2. The van der Waals surface area contributed by atoms with Gasteiger partial charge in [-0.2, -0.15) is 13.2 Å². The Hall–Kier alpha value is -6.28. The number of rotatable bonds is 9. The van der Waals surface area contributed by atoms with E-state index in [1.807, 2.05) is 48.5 Å². The molecule has 5 aromatic rings. The number of benzene rings is 4. The molecule has 0 saturated carbocycles. The first-order valence-corrected chi connectivity index (χ1v) is 14.8. The molecule has 0 aliphatic carbocycles. The Morgan fingerprint density at radius 3 is 1.94 bits per heavy atom. The van der Waals surface area contributed by atoms with Gasteiger partial charge in [0, 0.05) is 41.5 Å². The van der Waals surface area contributed by atoms with E-state index in [2.05, 4.69) is 10.3 Å². The van der Waals surface area contributed by atoms with Crippen LogP contribution in [0.4, 0.5) is 18.9 Å². The maximum atomic E-state index is 12.6. The molecule has 0 spiro atoms. The minimum Gasteiger partial charge on any atom is -0.480 e. The molecule has 0 saturated heterocycles. The van der Waals surface area contributed by atoms with Gasteiger partial charge in [-0.3, -0.25) is 24.1 Å². The lowest BCUT2D eigenvalue weighted by atomic mass is 10.1. The molecule has 14 heteroatoms. The van der Waals surface area contributed by atoms with Crippen molar-refractivity contribution in [2.75, 3.05) is 11.4 Å². The zero-order valence-electron chi connectivity index (χ0n) is 26.6. The fourth-order valence-corrected chi connectivity index (χ4v) is 4.52. The van der Waals surface area contributed by atoms with Gasteiger partial charge in [-0.15, -0.1) is 0 Å². The van der Waals surface area contributed by atoms with E-state index in [0.717, 1.165) is 16.5 Å². The fraction of sp³-hybridized carbons (Fsp3) is 0.139. The van der Waals surface area contributed by atoms with Gasteiger partial charge < -0.3 is 26.2 Å². The number of halogens is 3. The molecule has 50 heavy (non-hydrogen) atoms. The lowest BCUT2D eigenvalue weighted by Crippen LogP contribution is -2.35. The van der Waals surface area contributed by atoms with Crippen LogP contribution in [0.2, 0.25) is 0 Å². The van der Waals surface area contributed by atoms with E-state index in [-0.39, 0.29) is 17.6 Å². The van der Waals surface area contributed by atoms with Gasteiger partial charge in [-0.05, 0) is 48.4 Å². The fourth-order valence-electron chi connectivity index (χ4n) is 4.52. The summed E-state index contributed by atoms with van der Waals surface area (Å²) < 4.78 is 31.7. The molecule has 1 aromatic heterocycles. The van der Waals surface area contributed by atoms with Crippen molar-refractivity contribution in [3.05, 3.63) is 137 Å². The number of Topliss-reactive ketones (excluding diaryl/α,β-unsaturated/α-hetero) is 1. The quantitative estimate of drug-likeness (QED) is 0.120. The largest absolute Gasteiger partial charge is 0.490 e. The number of aliphatic carboxylic acids is 2. The second-order valence-corrected chi connectivity index (χ2v) is 10.5. The summed E-state index contributed by atoms with van der Waals surface area (Å²) >= 11 is 0. The highest BCUT2D eigenvalue weighted by atomic mass is 19.4. The van der Waals surface area contributed by atoms with Crippen LogP contribution in [-0.2, 0) is 22.7 Å². The maximum Gasteiger partial charge on any atom is 0.490 e. The average molecular weight is 691 g/mol. The van der Waals surface area contributed by atoms with E-state index in [4.69, 9.17) is 20.7 Å². The number of hydrogen-bond donors (Lipinski definition) is 5. The SMILES string of the molecule is CC(=O)c1c[nH]c2c(C(=O)NCc3ccccc3)cccc12.NCc1cccc(C(=O)N(CC(=O)O)c2ccccc2)c1.O=C(O)C(F)(F)F. The zero-order chi connectivity index (χ0) is 36.8. The number of fused-ring (bicyclic) bond motifs is 1. The lowest BCUT2D eigenvalue weighted by Gasteiger charge is -2.21. The number of nitrogens with zero attached hydrogens (tertiary/aromatic N) is 1. The van der Waals surface area contributed by atoms with E-state index in [9.17, 15) is 32.3 Å². The predicted octanol–water partition coefficient (Wildman–Crippen LogP) is 5.81. The molecule has 0 aliphatic rings. The molecule has 0 radical (unpaired) electrons. The Balaban J connectivity index is 0.000000228. The molecule has 5 rings (SSSR count). The Morgan fingerprint density at radius 2 is 1.38 bits per heavy atom. The Morgan fingerprint density at radius 1 is 0.800 bits per heavy atom. The van der Waals surface area contributed by atoms with Gasteiger partial charge in [0.25, 0.3) is 11.8 Å². The molecule has 260 valence electrons. The number of aromatic nitrogens is 1. The molecule has 0 unspecified atom stereocenters. The Bertz CT molecular complexity index is 1950. The molecule has 4 aromatic carbocycles. The van der Waals surface area contributed by atoms with Crippen LogP contribution in [0.3, 0.4) is 0 Å². The monoisotopic (exact) mass is 690 g/mol. The van der Waals surface area contributed by atoms with Crippen LogP contribution in [0.15, 0.2) is 109 Å². The number of carboxylic acid groups (broad SMARTS) is 2. The highest BCUT2D eigenvalue weighted by molar-refractivity contribution is 6.13. The molecule has 6 N–H and O–H groups in total. The predicted molar refractivity (Wildman–Crippen MR) is 180 cm³/mol. The summed E-state index contributed by atoms with van der Waals surface area (Å²) in [5, 5.41) is 19.8. The van der Waals surface area contributed by atoms with Crippen molar-refractivity contribution in [2.24, 2.45) is 5.73 Å². The van der Waals surface area contributed by atoms with Gasteiger partial charge in [-0.1, -0.05) is 72.8 Å². The second kappa shape index (κ2) is 17.8. The van der Waals surface area contributed by atoms with Gasteiger partial charge in [0.2, 0.25) is 0 Å². The third kappa shape index (κ3) is 10.9. The highest BCUT2D eigenvalue weighted by Gasteiger charge is 2.38. The summed E-state index contributed by atoms with van der Waals surface area (Å²) in [5.74, 6) is -4.37. The first kappa shape index (κ1) is 38.2. The van der Waals surface area contributed by atoms with Crippen molar-refractivity contribution < 1.29 is 47.4 Å². The van der Waals surface area contributed by atoms with Crippen molar-refractivity contribution >= 4 is 46.1 Å². The minimum absolute atomic E-state index is 0.0203. The third-order valence-corrected chi connectivity index (χ3v) is 6.89. The standard InChI is InChI=1S/C18H16N2O2.C16H16N2O3.C2HF3O2/c1-12(21)16-11-19-17-14(16)8-5-9-15(17)18(22)20-10-13-6-3-2-4-7-13;17-10-12-5-4-6-13(9-12)16(21)18(11-15(19)20)14-7-2-1-3-8-14;3-2(4,5)1(6)7/h2-9,11,19H,10H2,1H3,(H,20,22);1-9H,10-11,17H2,(H,19,20);(H,6,7). The molecule has 0 bridgehead atoms. The summed E-state index contributed by atoms with van der Waals surface area (Å²) in [6.45, 7) is 1.92. The van der Waals surface area contributed by atoms with Gasteiger partial charge in [0.05, 0.1) is 11.1 Å². The van der Waals surface area contributed by atoms with Crippen molar-refractivity contribution in [3.63, 3.8) is 0 Å². The minimum atomic E-state index is -5.08. The number of amides is 2. The van der Waals surface area contributed by atoms with Crippen molar-refractivity contribution in [3.8, 4) is 0 Å². The van der Waals surface area contributed by atoms with Crippen LogP contribution in [-0.4, -0.2) is 57.5 Å². The van der Waals surface area contributed by atoms with Crippen molar-refractivity contribution in [1.29, 1.82) is 0 Å². The number of H-pyrrole nitrogens is 1. The number of anilines is 1. The van der Waals surface area contributed by atoms with Crippen LogP contribution in [0.5, 0.6) is 0 Å². The third-order valence-electron chi connectivity index (χ3n) is 6.89. The number of para-hydroxylation sites is 2. The van der Waals surface area contributed by atoms with E-state index < -0.39 is 24.7 Å². The van der Waals surface area contributed by atoms with Crippen LogP contribution < -0.4 is 16.0 Å². The zero-order valence-corrected chi connectivity index (χ0v) is 26.6. The van der Waals surface area contributed by atoms with Crippen molar-refractivity contribution in [2.45, 2.75) is 26.2 Å². The number of hydrogen-bond acceptors (Lipinski definition) is 6.